The molecule has 2 N–H and O–H groups in total. The number of benzene rings is 1. The van der Waals surface area contributed by atoms with E-state index in [9.17, 15) is 14.4 Å². The second-order valence-corrected chi connectivity index (χ2v) is 7.90. The molecule has 27 heavy (non-hydrogen) atoms. The number of carbonyl (C=O) groups excluding carboxylic acids is 3. The molecule has 4 amide bonds. The van der Waals surface area contributed by atoms with E-state index >= 15 is 0 Å². The van der Waals surface area contributed by atoms with E-state index in [1.165, 1.54) is 0 Å². The lowest BCUT2D eigenvalue weighted by Gasteiger charge is -2.22. The van der Waals surface area contributed by atoms with Gasteiger partial charge in [0, 0.05) is 11.3 Å². The van der Waals surface area contributed by atoms with Crippen LogP contribution >= 0.6 is 11.3 Å². The van der Waals surface area contributed by atoms with Gasteiger partial charge in [0.05, 0.1) is 6.04 Å². The summed E-state index contributed by atoms with van der Waals surface area (Å²) < 4.78 is 0. The quantitative estimate of drug-likeness (QED) is 0.720. The summed E-state index contributed by atoms with van der Waals surface area (Å²) in [6, 6.07) is 12.1. The van der Waals surface area contributed by atoms with Crippen LogP contribution in [-0.2, 0) is 16.0 Å². The molecule has 1 aliphatic heterocycles. The zero-order valence-electron chi connectivity index (χ0n) is 15.3. The van der Waals surface area contributed by atoms with Crippen LogP contribution in [0.1, 0.15) is 30.3 Å². The second kappa shape index (κ2) is 8.35. The van der Waals surface area contributed by atoms with Crippen LogP contribution in [0.5, 0.6) is 0 Å². The van der Waals surface area contributed by atoms with Crippen LogP contribution in [0.3, 0.4) is 0 Å². The van der Waals surface area contributed by atoms with Gasteiger partial charge in [0.15, 0.2) is 0 Å². The van der Waals surface area contributed by atoms with Crippen molar-refractivity contribution in [3.8, 4) is 0 Å². The average Bonchev–Trinajstić information content (AvgIpc) is 3.25. The van der Waals surface area contributed by atoms with E-state index in [4.69, 9.17) is 0 Å². The van der Waals surface area contributed by atoms with Crippen molar-refractivity contribution in [1.82, 2.24) is 15.5 Å². The fraction of sp³-hybridized carbons (Fsp3) is 0.350. The second-order valence-electron chi connectivity index (χ2n) is 6.92. The minimum absolute atomic E-state index is 0.140. The molecule has 2 unspecified atom stereocenters. The number of nitrogens with zero attached hydrogens (tertiary/aromatic N) is 1. The highest BCUT2D eigenvalue weighted by molar-refractivity contribution is 7.10. The summed E-state index contributed by atoms with van der Waals surface area (Å²) >= 11 is 1.57. The first kappa shape index (κ1) is 19.1. The maximum Gasteiger partial charge on any atom is 0.325 e. The van der Waals surface area contributed by atoms with Crippen LogP contribution in [0.25, 0.3) is 0 Å². The summed E-state index contributed by atoms with van der Waals surface area (Å²) in [6.07, 6.45) is 0.410. The third-order valence-electron chi connectivity index (χ3n) is 4.52. The summed E-state index contributed by atoms with van der Waals surface area (Å²) in [5.41, 5.74) is 0.958. The van der Waals surface area contributed by atoms with Crippen molar-refractivity contribution in [2.24, 2.45) is 5.92 Å². The van der Waals surface area contributed by atoms with Gasteiger partial charge in [-0.25, -0.2) is 4.79 Å². The van der Waals surface area contributed by atoms with E-state index in [1.807, 2.05) is 61.7 Å². The number of thiophene rings is 1. The molecule has 1 aliphatic rings. The van der Waals surface area contributed by atoms with Crippen molar-refractivity contribution in [3.05, 3.63) is 58.3 Å². The molecule has 7 heteroatoms. The van der Waals surface area contributed by atoms with Gasteiger partial charge in [-0.2, -0.15) is 0 Å². The lowest BCUT2D eigenvalue weighted by Crippen LogP contribution is -2.43. The van der Waals surface area contributed by atoms with Gasteiger partial charge in [-0.3, -0.25) is 14.5 Å². The van der Waals surface area contributed by atoms with Crippen LogP contribution in [0.4, 0.5) is 4.79 Å². The molecule has 1 aromatic carbocycles. The molecular formula is C20H23N3O3S. The van der Waals surface area contributed by atoms with Crippen LogP contribution in [0.15, 0.2) is 47.8 Å². The van der Waals surface area contributed by atoms with Gasteiger partial charge in [-0.1, -0.05) is 50.2 Å². The highest BCUT2D eigenvalue weighted by atomic mass is 32.1. The Hall–Kier alpha value is -2.67. The molecular weight excluding hydrogens is 362 g/mol. The third-order valence-corrected chi connectivity index (χ3v) is 5.48. The highest BCUT2D eigenvalue weighted by Crippen LogP contribution is 2.25. The molecule has 3 rings (SSSR count). The van der Waals surface area contributed by atoms with Crippen LogP contribution in [-0.4, -0.2) is 35.3 Å². The first-order chi connectivity index (χ1) is 13.0. The SMILES string of the molecule is CC(C)C(NC(=O)CN1C(=O)NC(Cc2ccccc2)C1=O)c1cccs1. The van der Waals surface area contributed by atoms with E-state index in [2.05, 4.69) is 10.6 Å². The lowest BCUT2D eigenvalue weighted by molar-refractivity contribution is -0.132. The maximum atomic E-state index is 12.6. The van der Waals surface area contributed by atoms with Crippen molar-refractivity contribution >= 4 is 29.2 Å². The maximum absolute atomic E-state index is 12.6. The topological polar surface area (TPSA) is 78.5 Å². The van der Waals surface area contributed by atoms with E-state index in [0.717, 1.165) is 15.3 Å². The number of hydrogen-bond acceptors (Lipinski definition) is 4. The van der Waals surface area contributed by atoms with Gasteiger partial charge in [0.25, 0.3) is 5.91 Å². The zero-order chi connectivity index (χ0) is 19.4. The van der Waals surface area contributed by atoms with Gasteiger partial charge in [-0.05, 0) is 22.9 Å². The van der Waals surface area contributed by atoms with Crippen LogP contribution < -0.4 is 10.6 Å². The fourth-order valence-electron chi connectivity index (χ4n) is 3.11. The Kier molecular flexibility index (Phi) is 5.91. The molecule has 0 aliphatic carbocycles. The Bertz CT molecular complexity index is 805. The minimum Gasteiger partial charge on any atom is -0.347 e. The number of imide groups is 1. The van der Waals surface area contributed by atoms with E-state index in [1.54, 1.807) is 11.3 Å². The highest BCUT2D eigenvalue weighted by Gasteiger charge is 2.39. The molecule has 0 spiro atoms. The minimum atomic E-state index is -0.633. The van der Waals surface area contributed by atoms with Gasteiger partial charge in [0.1, 0.15) is 12.6 Å². The zero-order valence-corrected chi connectivity index (χ0v) is 16.2. The monoisotopic (exact) mass is 385 g/mol. The third kappa shape index (κ3) is 4.54. The molecule has 1 saturated heterocycles. The van der Waals surface area contributed by atoms with E-state index in [-0.39, 0.29) is 30.3 Å². The first-order valence-electron chi connectivity index (χ1n) is 8.94. The molecule has 2 aromatic rings. The molecule has 2 atom stereocenters. The first-order valence-corrected chi connectivity index (χ1v) is 9.82. The van der Waals surface area contributed by atoms with Gasteiger partial charge in [0.2, 0.25) is 5.91 Å². The lowest BCUT2D eigenvalue weighted by atomic mass is 10.0. The number of rotatable bonds is 7. The fourth-order valence-corrected chi connectivity index (χ4v) is 4.06. The van der Waals surface area contributed by atoms with Gasteiger partial charge in [-0.15, -0.1) is 11.3 Å². The van der Waals surface area contributed by atoms with Crippen LogP contribution in [0.2, 0.25) is 0 Å². The standard InChI is InChI=1S/C20H23N3O3S/c1-13(2)18(16-9-6-10-27-16)22-17(24)12-23-19(25)15(21-20(23)26)11-14-7-4-3-5-8-14/h3-10,13,15,18H,11-12H2,1-2H3,(H,21,26)(H,22,24). The van der Waals surface area contributed by atoms with Crippen molar-refractivity contribution in [2.45, 2.75) is 32.4 Å². The summed E-state index contributed by atoms with van der Waals surface area (Å²) in [4.78, 5) is 39.3. The molecule has 1 fully saturated rings. The Morgan fingerprint density at radius 3 is 2.56 bits per heavy atom. The van der Waals surface area contributed by atoms with E-state index < -0.39 is 12.1 Å². The smallest absolute Gasteiger partial charge is 0.325 e. The van der Waals surface area contributed by atoms with Crippen molar-refractivity contribution in [1.29, 1.82) is 0 Å². The molecule has 142 valence electrons. The Labute approximate surface area is 162 Å². The number of nitrogens with one attached hydrogen (secondary N) is 2. The van der Waals surface area contributed by atoms with E-state index in [0.29, 0.717) is 6.42 Å². The predicted molar refractivity (Wildman–Crippen MR) is 104 cm³/mol. The largest absolute Gasteiger partial charge is 0.347 e. The number of hydrogen-bond donors (Lipinski definition) is 2. The summed E-state index contributed by atoms with van der Waals surface area (Å²) in [6.45, 7) is 3.77. The Morgan fingerprint density at radius 1 is 1.19 bits per heavy atom. The van der Waals surface area contributed by atoms with Crippen LogP contribution in [0, 0.1) is 5.92 Å². The number of amides is 4. The van der Waals surface area contributed by atoms with Crippen molar-refractivity contribution in [3.63, 3.8) is 0 Å². The van der Waals surface area contributed by atoms with Gasteiger partial charge < -0.3 is 10.6 Å². The van der Waals surface area contributed by atoms with Crippen molar-refractivity contribution < 1.29 is 14.4 Å². The average molecular weight is 385 g/mol. The van der Waals surface area contributed by atoms with Gasteiger partial charge >= 0.3 is 6.03 Å². The normalized spacial score (nSPS) is 17.9. The molecule has 2 heterocycles. The summed E-state index contributed by atoms with van der Waals surface area (Å²) in [5, 5.41) is 7.58. The number of urea groups is 1. The molecule has 6 nitrogen and oxygen atoms in total. The predicted octanol–water partition coefficient (Wildman–Crippen LogP) is 2.72. The molecule has 1 aromatic heterocycles. The molecule has 0 saturated carbocycles. The summed E-state index contributed by atoms with van der Waals surface area (Å²) in [5.74, 6) is -0.510. The Balaban J connectivity index is 1.62. The molecule has 0 radical (unpaired) electrons. The Morgan fingerprint density at radius 2 is 1.93 bits per heavy atom. The van der Waals surface area contributed by atoms with Crippen molar-refractivity contribution in [2.75, 3.05) is 6.54 Å². The molecule has 0 bridgehead atoms. The number of carbonyl (C=O) groups is 3. The summed E-state index contributed by atoms with van der Waals surface area (Å²) in [7, 11) is 0.